The van der Waals surface area contributed by atoms with Gasteiger partial charge in [-0.15, -0.1) is 11.8 Å². The van der Waals surface area contributed by atoms with Crippen LogP contribution >= 0.6 is 24.4 Å². The lowest BCUT2D eigenvalue weighted by Crippen LogP contribution is -1.82. The van der Waals surface area contributed by atoms with Crippen LogP contribution in [0.3, 0.4) is 0 Å². The largest absolute Gasteiger partial charge is 0.179 e. The van der Waals surface area contributed by atoms with Crippen LogP contribution < -0.4 is 0 Å². The van der Waals surface area contributed by atoms with Crippen molar-refractivity contribution in [1.29, 1.82) is 0 Å². The average molecular weight is 212 g/mol. The van der Waals surface area contributed by atoms with Crippen LogP contribution in [0.4, 0.5) is 0 Å². The number of hydrogen-bond donors (Lipinski definition) is 1. The number of aryl methyl sites for hydroxylation is 1. The van der Waals surface area contributed by atoms with Gasteiger partial charge in [-0.3, -0.25) is 0 Å². The maximum atomic E-state index is 4.19. The van der Waals surface area contributed by atoms with E-state index in [1.54, 1.807) is 0 Å². The fourth-order valence-corrected chi connectivity index (χ4v) is 2.36. The number of unbranched alkanes of at least 4 members (excludes halogenated alkanes) is 1. The van der Waals surface area contributed by atoms with Crippen molar-refractivity contribution in [1.82, 2.24) is 0 Å². The molecule has 0 nitrogen and oxygen atoms in total. The maximum absolute atomic E-state index is 4.19. The quantitative estimate of drug-likeness (QED) is 0.440. The van der Waals surface area contributed by atoms with E-state index in [0.29, 0.717) is 0 Å². The second-order valence-electron chi connectivity index (χ2n) is 3.10. The van der Waals surface area contributed by atoms with Crippen molar-refractivity contribution < 1.29 is 0 Å². The molecule has 0 unspecified atom stereocenters. The number of rotatable bonds is 5. The summed E-state index contributed by atoms with van der Waals surface area (Å²) in [5, 5.41) is 0. The van der Waals surface area contributed by atoms with Crippen LogP contribution in [0.1, 0.15) is 18.4 Å². The van der Waals surface area contributed by atoms with Gasteiger partial charge in [-0.1, -0.05) is 17.7 Å². The highest BCUT2D eigenvalue weighted by molar-refractivity contribution is 7.99. The molecule has 0 radical (unpaired) electrons. The smallest absolute Gasteiger partial charge is 0.00745 e. The van der Waals surface area contributed by atoms with Gasteiger partial charge in [-0.05, 0) is 43.4 Å². The number of thioether (sulfide) groups is 1. The lowest BCUT2D eigenvalue weighted by Gasteiger charge is -2.01. The Morgan fingerprint density at radius 1 is 1.31 bits per heavy atom. The maximum Gasteiger partial charge on any atom is 0.00745 e. The Hall–Kier alpha value is -0.0800. The predicted octanol–water partition coefficient (Wildman–Crippen LogP) is 3.80. The Kier molecular flexibility index (Phi) is 5.40. The minimum Gasteiger partial charge on any atom is -0.179 e. The van der Waals surface area contributed by atoms with Crippen molar-refractivity contribution in [3.05, 3.63) is 29.8 Å². The zero-order chi connectivity index (χ0) is 9.52. The molecule has 0 saturated carbocycles. The fraction of sp³-hybridized carbons (Fsp3) is 0.455. The summed E-state index contributed by atoms with van der Waals surface area (Å²) in [6.07, 6.45) is 2.49. The van der Waals surface area contributed by atoms with Crippen LogP contribution in [0.2, 0.25) is 0 Å². The lowest BCUT2D eigenvalue weighted by atomic mass is 10.2. The molecule has 0 N–H and O–H groups in total. The molecule has 1 aromatic rings. The fourth-order valence-electron chi connectivity index (χ4n) is 1.11. The standard InChI is InChI=1S/C11H16S2/c1-10-5-4-6-11(9-10)13-8-3-2-7-12/h4-6,9,12H,2-3,7-8H2,1H3. The summed E-state index contributed by atoms with van der Waals surface area (Å²) in [4.78, 5) is 1.39. The molecule has 0 amide bonds. The summed E-state index contributed by atoms with van der Waals surface area (Å²) in [5.41, 5.74) is 1.35. The summed E-state index contributed by atoms with van der Waals surface area (Å²) < 4.78 is 0. The van der Waals surface area contributed by atoms with Crippen molar-refractivity contribution in [3.63, 3.8) is 0 Å². The van der Waals surface area contributed by atoms with E-state index in [0.717, 1.165) is 5.75 Å². The van der Waals surface area contributed by atoms with Crippen LogP contribution in [0, 0.1) is 6.92 Å². The van der Waals surface area contributed by atoms with Crippen molar-refractivity contribution in [2.45, 2.75) is 24.7 Å². The van der Waals surface area contributed by atoms with Crippen molar-refractivity contribution in [2.24, 2.45) is 0 Å². The van der Waals surface area contributed by atoms with Gasteiger partial charge in [0.15, 0.2) is 0 Å². The molecule has 1 aromatic carbocycles. The van der Waals surface area contributed by atoms with Crippen molar-refractivity contribution in [3.8, 4) is 0 Å². The molecule has 0 heterocycles. The molecule has 0 spiro atoms. The third-order valence-corrected chi connectivity index (χ3v) is 3.21. The normalized spacial score (nSPS) is 10.3. The first-order valence-corrected chi connectivity index (χ1v) is 6.25. The van der Waals surface area contributed by atoms with Gasteiger partial charge in [0.1, 0.15) is 0 Å². The van der Waals surface area contributed by atoms with Gasteiger partial charge in [-0.2, -0.15) is 12.6 Å². The van der Waals surface area contributed by atoms with Gasteiger partial charge < -0.3 is 0 Å². The highest BCUT2D eigenvalue weighted by atomic mass is 32.2. The SMILES string of the molecule is Cc1cccc(SCCCCS)c1. The monoisotopic (exact) mass is 212 g/mol. The summed E-state index contributed by atoms with van der Waals surface area (Å²) in [5.74, 6) is 2.22. The van der Waals surface area contributed by atoms with E-state index in [1.165, 1.54) is 29.1 Å². The number of hydrogen-bond acceptors (Lipinski definition) is 2. The molecule has 13 heavy (non-hydrogen) atoms. The Labute approximate surface area is 90.5 Å². The minimum absolute atomic E-state index is 1.01. The van der Waals surface area contributed by atoms with E-state index in [4.69, 9.17) is 0 Å². The predicted molar refractivity (Wildman–Crippen MR) is 65.0 cm³/mol. The van der Waals surface area contributed by atoms with E-state index in [-0.39, 0.29) is 0 Å². The zero-order valence-electron chi connectivity index (χ0n) is 7.99. The molecule has 2 heteroatoms. The van der Waals surface area contributed by atoms with E-state index < -0.39 is 0 Å². The van der Waals surface area contributed by atoms with Gasteiger partial charge in [-0.25, -0.2) is 0 Å². The lowest BCUT2D eigenvalue weighted by molar-refractivity contribution is 0.909. The van der Waals surface area contributed by atoms with Crippen LogP contribution in [-0.2, 0) is 0 Å². The van der Waals surface area contributed by atoms with Crippen LogP contribution in [-0.4, -0.2) is 11.5 Å². The highest BCUT2D eigenvalue weighted by Crippen LogP contribution is 2.20. The highest BCUT2D eigenvalue weighted by Gasteiger charge is 1.93. The second-order valence-corrected chi connectivity index (χ2v) is 4.71. The first kappa shape index (κ1) is 11.0. The van der Waals surface area contributed by atoms with Crippen LogP contribution in [0.25, 0.3) is 0 Å². The van der Waals surface area contributed by atoms with E-state index in [9.17, 15) is 0 Å². The third kappa shape index (κ3) is 4.63. The summed E-state index contributed by atoms with van der Waals surface area (Å²) in [6, 6.07) is 8.68. The van der Waals surface area contributed by atoms with Gasteiger partial charge in [0.2, 0.25) is 0 Å². The molecule has 72 valence electrons. The average Bonchev–Trinajstić information content (AvgIpc) is 2.13. The molecule has 0 fully saturated rings. The summed E-state index contributed by atoms with van der Waals surface area (Å²) in [7, 11) is 0. The van der Waals surface area contributed by atoms with E-state index >= 15 is 0 Å². The molecule has 0 aliphatic heterocycles. The molecule has 0 aliphatic rings. The van der Waals surface area contributed by atoms with Gasteiger partial charge in [0.25, 0.3) is 0 Å². The van der Waals surface area contributed by atoms with Crippen molar-refractivity contribution in [2.75, 3.05) is 11.5 Å². The Balaban J connectivity index is 2.28. The first-order valence-electron chi connectivity index (χ1n) is 4.63. The first-order chi connectivity index (χ1) is 6.33. The molecule has 0 aliphatic carbocycles. The molecular formula is C11H16S2. The Morgan fingerprint density at radius 2 is 2.15 bits per heavy atom. The number of thiol groups is 1. The molecule has 0 atom stereocenters. The summed E-state index contributed by atoms with van der Waals surface area (Å²) >= 11 is 6.13. The Morgan fingerprint density at radius 3 is 2.85 bits per heavy atom. The third-order valence-electron chi connectivity index (χ3n) is 1.81. The summed E-state index contributed by atoms with van der Waals surface area (Å²) in [6.45, 7) is 2.14. The molecule has 0 aromatic heterocycles. The van der Waals surface area contributed by atoms with Crippen LogP contribution in [0.15, 0.2) is 29.2 Å². The van der Waals surface area contributed by atoms with Gasteiger partial charge in [0, 0.05) is 4.90 Å². The van der Waals surface area contributed by atoms with Gasteiger partial charge >= 0.3 is 0 Å². The van der Waals surface area contributed by atoms with Gasteiger partial charge in [0.05, 0.1) is 0 Å². The second kappa shape index (κ2) is 6.39. The molecule has 0 saturated heterocycles. The molecule has 1 rings (SSSR count). The topological polar surface area (TPSA) is 0 Å². The molecular weight excluding hydrogens is 196 g/mol. The molecule has 0 bridgehead atoms. The Bertz CT molecular complexity index is 246. The number of benzene rings is 1. The zero-order valence-corrected chi connectivity index (χ0v) is 9.70. The minimum atomic E-state index is 1.01. The van der Waals surface area contributed by atoms with E-state index in [1.807, 2.05) is 11.8 Å². The van der Waals surface area contributed by atoms with E-state index in [2.05, 4.69) is 43.8 Å². The van der Waals surface area contributed by atoms with Crippen molar-refractivity contribution >= 4 is 24.4 Å². The van der Waals surface area contributed by atoms with Crippen LogP contribution in [0.5, 0.6) is 0 Å².